The molecule has 5 N–H and O–H groups in total. The quantitative estimate of drug-likeness (QED) is 0.520. The first-order chi connectivity index (χ1) is 7.71. The third-order valence-electron chi connectivity index (χ3n) is 2.63. The van der Waals surface area contributed by atoms with Gasteiger partial charge in [0.2, 0.25) is 0 Å². The summed E-state index contributed by atoms with van der Waals surface area (Å²) in [6.45, 7) is 1.77. The van der Waals surface area contributed by atoms with E-state index in [1.807, 2.05) is 6.92 Å². The minimum absolute atomic E-state index is 0.180. The summed E-state index contributed by atoms with van der Waals surface area (Å²) in [6, 6.07) is 0. The van der Waals surface area contributed by atoms with E-state index >= 15 is 0 Å². The van der Waals surface area contributed by atoms with E-state index in [-0.39, 0.29) is 19.8 Å². The lowest BCUT2D eigenvalue weighted by atomic mass is 9.98. The largest absolute Gasteiger partial charge is 0.394 e. The number of hydrogen-bond donors (Lipinski definition) is 4. The van der Waals surface area contributed by atoms with Gasteiger partial charge < -0.3 is 21.3 Å². The average Bonchev–Trinajstić information content (AvgIpc) is 2.36. The van der Waals surface area contributed by atoms with Gasteiger partial charge in [0.15, 0.2) is 0 Å². The van der Waals surface area contributed by atoms with Crippen LogP contribution in [-0.4, -0.2) is 38.9 Å². The van der Waals surface area contributed by atoms with Crippen molar-refractivity contribution in [1.82, 2.24) is 9.97 Å². The van der Waals surface area contributed by atoms with Crippen molar-refractivity contribution in [3.8, 4) is 0 Å². The first-order valence-electron chi connectivity index (χ1n) is 5.21. The van der Waals surface area contributed by atoms with Gasteiger partial charge in [-0.05, 0) is 6.42 Å². The summed E-state index contributed by atoms with van der Waals surface area (Å²) < 4.78 is 0. The van der Waals surface area contributed by atoms with E-state index in [9.17, 15) is 10.2 Å². The van der Waals surface area contributed by atoms with Crippen LogP contribution in [0.1, 0.15) is 19.0 Å². The van der Waals surface area contributed by atoms with E-state index in [4.69, 9.17) is 5.73 Å². The fourth-order valence-electron chi connectivity index (χ4n) is 1.31. The van der Waals surface area contributed by atoms with E-state index in [1.54, 1.807) is 6.20 Å². The van der Waals surface area contributed by atoms with Gasteiger partial charge in [0.1, 0.15) is 5.82 Å². The Morgan fingerprint density at radius 3 is 2.44 bits per heavy atom. The molecule has 0 saturated carbocycles. The van der Waals surface area contributed by atoms with Gasteiger partial charge in [-0.25, -0.2) is 4.98 Å². The van der Waals surface area contributed by atoms with Crippen LogP contribution in [0.25, 0.3) is 0 Å². The van der Waals surface area contributed by atoms with Crippen LogP contribution >= 0.6 is 0 Å². The maximum absolute atomic E-state index is 9.30. The highest BCUT2D eigenvalue weighted by Gasteiger charge is 2.27. The molecule has 1 aromatic rings. The summed E-state index contributed by atoms with van der Waals surface area (Å²) in [5, 5.41) is 21.6. The Morgan fingerprint density at radius 1 is 1.31 bits per heavy atom. The molecule has 1 aromatic heterocycles. The number of nitrogens with one attached hydrogen (secondary N) is 1. The highest BCUT2D eigenvalue weighted by atomic mass is 16.3. The molecular weight excluding hydrogens is 208 g/mol. The highest BCUT2D eigenvalue weighted by molar-refractivity contribution is 5.42. The monoisotopic (exact) mass is 226 g/mol. The van der Waals surface area contributed by atoms with Crippen molar-refractivity contribution in [2.45, 2.75) is 25.4 Å². The van der Waals surface area contributed by atoms with Crippen LogP contribution in [0.4, 0.5) is 5.82 Å². The van der Waals surface area contributed by atoms with E-state index in [0.717, 1.165) is 0 Å². The molecule has 90 valence electrons. The van der Waals surface area contributed by atoms with E-state index in [2.05, 4.69) is 15.3 Å². The average molecular weight is 226 g/mol. The number of aromatic nitrogens is 2. The van der Waals surface area contributed by atoms with Crippen molar-refractivity contribution in [2.75, 3.05) is 18.5 Å². The molecule has 6 heteroatoms. The summed E-state index contributed by atoms with van der Waals surface area (Å²) in [6.07, 6.45) is 3.66. The van der Waals surface area contributed by atoms with Gasteiger partial charge in [0.25, 0.3) is 0 Å². The summed E-state index contributed by atoms with van der Waals surface area (Å²) in [5.74, 6) is 0.509. The lowest BCUT2D eigenvalue weighted by molar-refractivity contribution is 0.132. The Hall–Kier alpha value is -1.24. The van der Waals surface area contributed by atoms with Crippen LogP contribution < -0.4 is 11.1 Å². The molecule has 0 aliphatic rings. The highest BCUT2D eigenvalue weighted by Crippen LogP contribution is 2.18. The Morgan fingerprint density at radius 2 is 1.94 bits per heavy atom. The topological polar surface area (TPSA) is 104 Å². The number of rotatable bonds is 6. The molecule has 0 aliphatic carbocycles. The van der Waals surface area contributed by atoms with Crippen molar-refractivity contribution in [3.05, 3.63) is 18.1 Å². The molecule has 0 amide bonds. The van der Waals surface area contributed by atoms with Gasteiger partial charge in [0.05, 0.1) is 24.4 Å². The van der Waals surface area contributed by atoms with Gasteiger partial charge in [-0.1, -0.05) is 6.92 Å². The van der Waals surface area contributed by atoms with Crippen LogP contribution in [0.5, 0.6) is 0 Å². The fraction of sp³-hybridized carbons (Fsp3) is 0.600. The SMILES string of the molecule is CCC(CO)(CO)Nc1nccnc1CN. The molecule has 0 atom stereocenters. The van der Waals surface area contributed by atoms with Gasteiger partial charge in [-0.15, -0.1) is 0 Å². The normalized spacial score (nSPS) is 11.5. The molecular formula is C10H18N4O2. The second kappa shape index (κ2) is 5.74. The summed E-state index contributed by atoms with van der Waals surface area (Å²) in [5.41, 5.74) is 5.36. The van der Waals surface area contributed by atoms with Crippen LogP contribution in [0.3, 0.4) is 0 Å². The second-order valence-electron chi connectivity index (χ2n) is 3.63. The third kappa shape index (κ3) is 2.66. The smallest absolute Gasteiger partial charge is 0.149 e. The van der Waals surface area contributed by atoms with Gasteiger partial charge >= 0.3 is 0 Å². The molecule has 0 unspecified atom stereocenters. The maximum Gasteiger partial charge on any atom is 0.149 e. The van der Waals surface area contributed by atoms with E-state index in [0.29, 0.717) is 17.9 Å². The van der Waals surface area contributed by atoms with Crippen LogP contribution in [0, 0.1) is 0 Å². The first kappa shape index (κ1) is 12.8. The number of anilines is 1. The van der Waals surface area contributed by atoms with Crippen LogP contribution in [0.15, 0.2) is 12.4 Å². The minimum Gasteiger partial charge on any atom is -0.394 e. The third-order valence-corrected chi connectivity index (χ3v) is 2.63. The number of aliphatic hydroxyl groups excluding tert-OH is 2. The van der Waals surface area contributed by atoms with Crippen molar-refractivity contribution in [3.63, 3.8) is 0 Å². The Bertz CT molecular complexity index is 320. The molecule has 0 spiro atoms. The van der Waals surface area contributed by atoms with Crippen LogP contribution in [0.2, 0.25) is 0 Å². The van der Waals surface area contributed by atoms with Gasteiger partial charge in [-0.2, -0.15) is 0 Å². The molecule has 0 saturated heterocycles. The zero-order chi connectivity index (χ0) is 12.0. The molecule has 16 heavy (non-hydrogen) atoms. The van der Waals surface area contributed by atoms with Crippen molar-refractivity contribution in [2.24, 2.45) is 5.73 Å². The van der Waals surface area contributed by atoms with Gasteiger partial charge in [-0.3, -0.25) is 4.98 Å². The number of nitrogens with two attached hydrogens (primary N) is 1. The molecule has 0 fully saturated rings. The van der Waals surface area contributed by atoms with Crippen molar-refractivity contribution < 1.29 is 10.2 Å². The fourth-order valence-corrected chi connectivity index (χ4v) is 1.31. The summed E-state index contributed by atoms with van der Waals surface area (Å²) in [7, 11) is 0. The number of nitrogens with zero attached hydrogens (tertiary/aromatic N) is 2. The number of aliphatic hydroxyl groups is 2. The maximum atomic E-state index is 9.30. The summed E-state index contributed by atoms with van der Waals surface area (Å²) in [4.78, 5) is 8.17. The minimum atomic E-state index is -0.778. The lowest BCUT2D eigenvalue weighted by Gasteiger charge is -2.30. The Labute approximate surface area is 94.5 Å². The molecule has 0 aliphatic heterocycles. The number of hydrogen-bond acceptors (Lipinski definition) is 6. The van der Waals surface area contributed by atoms with Crippen molar-refractivity contribution >= 4 is 5.82 Å². The lowest BCUT2D eigenvalue weighted by Crippen LogP contribution is -2.45. The molecule has 6 nitrogen and oxygen atoms in total. The van der Waals surface area contributed by atoms with Gasteiger partial charge in [0, 0.05) is 18.9 Å². The Kier molecular flexibility index (Phi) is 4.60. The van der Waals surface area contributed by atoms with E-state index in [1.165, 1.54) is 6.20 Å². The second-order valence-corrected chi connectivity index (χ2v) is 3.63. The Balaban J connectivity index is 2.93. The molecule has 0 aromatic carbocycles. The van der Waals surface area contributed by atoms with E-state index < -0.39 is 5.54 Å². The predicted molar refractivity (Wildman–Crippen MR) is 60.7 cm³/mol. The summed E-state index contributed by atoms with van der Waals surface area (Å²) >= 11 is 0. The van der Waals surface area contributed by atoms with Crippen LogP contribution in [-0.2, 0) is 6.54 Å². The zero-order valence-electron chi connectivity index (χ0n) is 9.35. The predicted octanol–water partition coefficient (Wildman–Crippen LogP) is -0.519. The van der Waals surface area contributed by atoms with Crippen molar-refractivity contribution in [1.29, 1.82) is 0 Å². The zero-order valence-corrected chi connectivity index (χ0v) is 9.35. The standard InChI is InChI=1S/C10H18N4O2/c1-2-10(6-15,7-16)14-9-8(5-11)12-3-4-13-9/h3-4,15-16H,2,5-7,11H2,1H3,(H,13,14). The molecule has 0 bridgehead atoms. The molecule has 0 radical (unpaired) electrons. The first-order valence-corrected chi connectivity index (χ1v) is 5.21. The molecule has 1 rings (SSSR count). The molecule has 1 heterocycles.